The fraction of sp³-hybridized carbons (Fsp3) is 0.389. The second-order valence-corrected chi connectivity index (χ2v) is 8.52. The van der Waals surface area contributed by atoms with Crippen LogP contribution in [0.25, 0.3) is 0 Å². The van der Waals surface area contributed by atoms with Crippen molar-refractivity contribution in [1.29, 1.82) is 0 Å². The lowest BCUT2D eigenvalue weighted by Crippen LogP contribution is -2.31. The standard InChI is InChI=1S/C18H22N4O5S/c23-16(7-11-21-12-8-17(24)20-18(21)25)19-13-14-3-5-15(6-4-14)28(26,27)22-9-1-2-10-22/h3-6,8,12H,1-2,7,9-11,13H2,(H,19,23)(H,20,24,25). The molecule has 0 unspecified atom stereocenters. The van der Waals surface area contributed by atoms with Crippen molar-refractivity contribution in [2.75, 3.05) is 13.1 Å². The molecule has 150 valence electrons. The normalized spacial score (nSPS) is 14.9. The van der Waals surface area contributed by atoms with Crippen molar-refractivity contribution < 1.29 is 13.2 Å². The number of hydrogen-bond acceptors (Lipinski definition) is 5. The Labute approximate surface area is 162 Å². The molecule has 0 aliphatic carbocycles. The van der Waals surface area contributed by atoms with E-state index in [4.69, 9.17) is 0 Å². The fourth-order valence-electron chi connectivity index (χ4n) is 2.99. The molecule has 0 radical (unpaired) electrons. The summed E-state index contributed by atoms with van der Waals surface area (Å²) in [5.41, 5.74) is -0.272. The largest absolute Gasteiger partial charge is 0.352 e. The summed E-state index contributed by atoms with van der Waals surface area (Å²) >= 11 is 0. The Kier molecular flexibility index (Phi) is 6.10. The Morgan fingerprint density at radius 2 is 1.75 bits per heavy atom. The van der Waals surface area contributed by atoms with Crippen molar-refractivity contribution in [3.05, 3.63) is 62.9 Å². The summed E-state index contributed by atoms with van der Waals surface area (Å²) in [5, 5.41) is 2.73. The Morgan fingerprint density at radius 1 is 1.07 bits per heavy atom. The van der Waals surface area contributed by atoms with E-state index >= 15 is 0 Å². The van der Waals surface area contributed by atoms with Gasteiger partial charge in [0.25, 0.3) is 5.56 Å². The summed E-state index contributed by atoms with van der Waals surface area (Å²) in [7, 11) is -3.44. The van der Waals surface area contributed by atoms with Gasteiger partial charge in [0.1, 0.15) is 0 Å². The van der Waals surface area contributed by atoms with E-state index in [9.17, 15) is 22.8 Å². The number of aryl methyl sites for hydroxylation is 1. The lowest BCUT2D eigenvalue weighted by Gasteiger charge is -2.15. The van der Waals surface area contributed by atoms with Gasteiger partial charge in [-0.2, -0.15) is 4.31 Å². The lowest BCUT2D eigenvalue weighted by molar-refractivity contribution is -0.121. The third-order valence-electron chi connectivity index (χ3n) is 4.59. The molecule has 0 bridgehead atoms. The minimum absolute atomic E-state index is 0.0768. The lowest BCUT2D eigenvalue weighted by atomic mass is 10.2. The van der Waals surface area contributed by atoms with Crippen LogP contribution in [0.5, 0.6) is 0 Å². The van der Waals surface area contributed by atoms with Crippen LogP contribution in [0.3, 0.4) is 0 Å². The van der Waals surface area contributed by atoms with Gasteiger partial charge in [-0.1, -0.05) is 12.1 Å². The van der Waals surface area contributed by atoms with E-state index < -0.39 is 21.3 Å². The summed E-state index contributed by atoms with van der Waals surface area (Å²) in [5.74, 6) is -0.258. The minimum atomic E-state index is -3.44. The molecule has 28 heavy (non-hydrogen) atoms. The summed E-state index contributed by atoms with van der Waals surface area (Å²) in [6.07, 6.45) is 3.18. The minimum Gasteiger partial charge on any atom is -0.352 e. The number of aromatic amines is 1. The van der Waals surface area contributed by atoms with Crippen LogP contribution in [0.1, 0.15) is 24.8 Å². The molecule has 1 aromatic heterocycles. The van der Waals surface area contributed by atoms with Crippen LogP contribution < -0.4 is 16.6 Å². The highest BCUT2D eigenvalue weighted by Gasteiger charge is 2.26. The van der Waals surface area contributed by atoms with Gasteiger partial charge >= 0.3 is 5.69 Å². The number of nitrogens with one attached hydrogen (secondary N) is 2. The number of carbonyl (C=O) groups is 1. The van der Waals surface area contributed by atoms with Crippen molar-refractivity contribution in [3.8, 4) is 0 Å². The van der Waals surface area contributed by atoms with Crippen molar-refractivity contribution in [3.63, 3.8) is 0 Å². The summed E-state index contributed by atoms with van der Waals surface area (Å²) in [6, 6.07) is 7.67. The maximum Gasteiger partial charge on any atom is 0.328 e. The van der Waals surface area contributed by atoms with Crippen molar-refractivity contribution in [2.45, 2.75) is 37.2 Å². The highest BCUT2D eigenvalue weighted by molar-refractivity contribution is 7.89. The third-order valence-corrected chi connectivity index (χ3v) is 6.51. The van der Waals surface area contributed by atoms with Crippen LogP contribution in [0.4, 0.5) is 0 Å². The average Bonchev–Trinajstić information content (AvgIpc) is 3.22. The number of rotatable bonds is 7. The molecule has 1 saturated heterocycles. The highest BCUT2D eigenvalue weighted by Crippen LogP contribution is 2.21. The van der Waals surface area contributed by atoms with Gasteiger partial charge < -0.3 is 9.88 Å². The molecule has 1 aliphatic rings. The van der Waals surface area contributed by atoms with Crippen LogP contribution in [0.2, 0.25) is 0 Å². The molecule has 1 aliphatic heterocycles. The number of H-pyrrole nitrogens is 1. The van der Waals surface area contributed by atoms with Crippen LogP contribution >= 0.6 is 0 Å². The number of aromatic nitrogens is 2. The molecule has 3 rings (SSSR count). The zero-order chi connectivity index (χ0) is 20.1. The topological polar surface area (TPSA) is 121 Å². The number of hydrogen-bond donors (Lipinski definition) is 2. The van der Waals surface area contributed by atoms with Gasteiger partial charge in [0.15, 0.2) is 0 Å². The molecule has 0 saturated carbocycles. The molecule has 1 amide bonds. The summed E-state index contributed by atoms with van der Waals surface area (Å²) < 4.78 is 27.7. The smallest absolute Gasteiger partial charge is 0.328 e. The Balaban J connectivity index is 1.52. The molecule has 0 spiro atoms. The number of sulfonamides is 1. The van der Waals surface area contributed by atoms with Gasteiger partial charge in [-0.3, -0.25) is 14.6 Å². The van der Waals surface area contributed by atoms with E-state index in [0.29, 0.717) is 13.1 Å². The third kappa shape index (κ3) is 4.76. The Hall–Kier alpha value is -2.72. The van der Waals surface area contributed by atoms with Gasteiger partial charge in [0.05, 0.1) is 4.90 Å². The Morgan fingerprint density at radius 3 is 2.39 bits per heavy atom. The van der Waals surface area contributed by atoms with Gasteiger partial charge in [0, 0.05) is 44.9 Å². The molecule has 0 atom stereocenters. The van der Waals surface area contributed by atoms with Crippen LogP contribution in [-0.4, -0.2) is 41.3 Å². The second-order valence-electron chi connectivity index (χ2n) is 6.59. The monoisotopic (exact) mass is 406 g/mol. The van der Waals surface area contributed by atoms with Gasteiger partial charge in [-0.05, 0) is 30.5 Å². The zero-order valence-electron chi connectivity index (χ0n) is 15.3. The number of nitrogens with zero attached hydrogens (tertiary/aromatic N) is 2. The molecular weight excluding hydrogens is 384 g/mol. The number of amides is 1. The van der Waals surface area contributed by atoms with E-state index in [1.807, 2.05) is 0 Å². The van der Waals surface area contributed by atoms with E-state index in [0.717, 1.165) is 18.4 Å². The number of carbonyl (C=O) groups excluding carboxylic acids is 1. The molecule has 1 fully saturated rings. The first-order valence-electron chi connectivity index (χ1n) is 9.02. The SMILES string of the molecule is O=C(CCn1ccc(=O)[nH]c1=O)NCc1ccc(S(=O)(=O)N2CCCC2)cc1. The predicted molar refractivity (Wildman–Crippen MR) is 102 cm³/mol. The quantitative estimate of drug-likeness (QED) is 0.672. The number of benzene rings is 1. The molecule has 9 nitrogen and oxygen atoms in total. The highest BCUT2D eigenvalue weighted by atomic mass is 32.2. The maximum absolute atomic E-state index is 12.5. The predicted octanol–water partition coefficient (Wildman–Crippen LogP) is 0.0276. The van der Waals surface area contributed by atoms with Gasteiger partial charge in [-0.15, -0.1) is 0 Å². The van der Waals surface area contributed by atoms with Crippen molar-refractivity contribution >= 4 is 15.9 Å². The first-order valence-corrected chi connectivity index (χ1v) is 10.5. The van der Waals surface area contributed by atoms with E-state index in [1.165, 1.54) is 21.1 Å². The molecule has 1 aromatic carbocycles. The summed E-state index contributed by atoms with van der Waals surface area (Å²) in [4.78, 5) is 36.9. The van der Waals surface area contributed by atoms with Gasteiger partial charge in [-0.25, -0.2) is 13.2 Å². The summed E-state index contributed by atoms with van der Waals surface area (Å²) in [6.45, 7) is 1.51. The first-order chi connectivity index (χ1) is 13.4. The van der Waals surface area contributed by atoms with Crippen molar-refractivity contribution in [2.24, 2.45) is 0 Å². The molecule has 10 heteroatoms. The Bertz CT molecular complexity index is 1050. The molecular formula is C18H22N4O5S. The van der Waals surface area contributed by atoms with Crippen LogP contribution in [0, 0.1) is 0 Å². The molecule has 2 aromatic rings. The fourth-order valence-corrected chi connectivity index (χ4v) is 4.51. The van der Waals surface area contributed by atoms with Crippen LogP contribution in [-0.2, 0) is 27.9 Å². The van der Waals surface area contributed by atoms with E-state index in [2.05, 4.69) is 10.3 Å². The van der Waals surface area contributed by atoms with E-state index in [-0.39, 0.29) is 30.3 Å². The maximum atomic E-state index is 12.5. The average molecular weight is 406 g/mol. The first kappa shape index (κ1) is 20.0. The second kappa shape index (κ2) is 8.53. The molecule has 2 heterocycles. The van der Waals surface area contributed by atoms with E-state index in [1.54, 1.807) is 24.3 Å². The van der Waals surface area contributed by atoms with Crippen molar-refractivity contribution in [1.82, 2.24) is 19.2 Å². The van der Waals surface area contributed by atoms with Crippen LogP contribution in [0.15, 0.2) is 51.0 Å². The van der Waals surface area contributed by atoms with Gasteiger partial charge in [0.2, 0.25) is 15.9 Å². The molecule has 2 N–H and O–H groups in total. The zero-order valence-corrected chi connectivity index (χ0v) is 16.1.